The number of ether oxygens (including phenoxy) is 1. The van der Waals surface area contributed by atoms with E-state index < -0.39 is 12.2 Å². The molecule has 4 N–H and O–H groups in total. The van der Waals surface area contributed by atoms with E-state index in [0.29, 0.717) is 41.7 Å². The van der Waals surface area contributed by atoms with Gasteiger partial charge in [0.1, 0.15) is 5.75 Å². The number of hydrogen-bond donors (Lipinski definition) is 4. The second-order valence-corrected chi connectivity index (χ2v) is 10.7. The number of benzene rings is 2. The molecule has 0 saturated carbocycles. The maximum atomic E-state index is 12.3. The Labute approximate surface area is 245 Å². The normalized spacial score (nSPS) is 16.3. The van der Waals surface area contributed by atoms with Crippen LogP contribution in [-0.4, -0.2) is 89.1 Å². The molecule has 1 aliphatic rings. The van der Waals surface area contributed by atoms with E-state index in [-0.39, 0.29) is 5.91 Å². The first-order chi connectivity index (χ1) is 20.2. The number of nitrogens with one attached hydrogen (secondary N) is 2. The second-order valence-electron chi connectivity index (χ2n) is 10.7. The van der Waals surface area contributed by atoms with Gasteiger partial charge in [0.15, 0.2) is 0 Å². The van der Waals surface area contributed by atoms with Crippen molar-refractivity contribution in [2.24, 2.45) is 0 Å². The van der Waals surface area contributed by atoms with Crippen LogP contribution < -0.4 is 20.3 Å². The lowest BCUT2D eigenvalue weighted by Gasteiger charge is -2.27. The van der Waals surface area contributed by atoms with Crippen LogP contribution in [0, 0.1) is 0 Å². The van der Waals surface area contributed by atoms with Crippen molar-refractivity contribution in [2.45, 2.75) is 25.2 Å². The Hall–Kier alpha value is -4.45. The van der Waals surface area contributed by atoms with E-state index in [2.05, 4.69) is 36.6 Å². The quantitative estimate of drug-likeness (QED) is 0.212. The Kier molecular flexibility index (Phi) is 8.44. The Balaban J connectivity index is 1.54. The van der Waals surface area contributed by atoms with Gasteiger partial charge in [-0.3, -0.25) is 4.79 Å². The highest BCUT2D eigenvalue weighted by Gasteiger charge is 2.30. The molecule has 2 atom stereocenters. The number of hydrogen-bond acceptors (Lipinski definition) is 9. The van der Waals surface area contributed by atoms with Crippen molar-refractivity contribution in [1.82, 2.24) is 19.4 Å². The molecule has 42 heavy (non-hydrogen) atoms. The summed E-state index contributed by atoms with van der Waals surface area (Å²) in [4.78, 5) is 25.8. The Morgan fingerprint density at radius 1 is 1.14 bits per heavy atom. The number of nitrogens with zero attached hydrogens (tertiary/aromatic N) is 5. The first kappa shape index (κ1) is 29.1. The molecule has 220 valence electrons. The molecule has 0 bridgehead atoms. The third-order valence-corrected chi connectivity index (χ3v) is 7.51. The topological polar surface area (TPSA) is 128 Å². The van der Waals surface area contributed by atoms with Crippen LogP contribution in [0.1, 0.15) is 5.69 Å². The monoisotopic (exact) mass is 571 g/mol. The van der Waals surface area contributed by atoms with E-state index in [4.69, 9.17) is 9.72 Å². The molecule has 0 fully saturated rings. The molecular formula is C31H37N7O4. The number of carbonyl (C=O) groups is 1. The van der Waals surface area contributed by atoms with E-state index >= 15 is 0 Å². The van der Waals surface area contributed by atoms with Gasteiger partial charge >= 0.3 is 0 Å². The summed E-state index contributed by atoms with van der Waals surface area (Å²) in [6.07, 6.45) is 1.51. The molecular weight excluding hydrogens is 534 g/mol. The van der Waals surface area contributed by atoms with Crippen molar-refractivity contribution in [3.63, 3.8) is 0 Å². The Morgan fingerprint density at radius 3 is 2.67 bits per heavy atom. The van der Waals surface area contributed by atoms with E-state index in [0.717, 1.165) is 40.9 Å². The van der Waals surface area contributed by atoms with Crippen LogP contribution in [0.15, 0.2) is 61.3 Å². The number of aromatic nitrogens is 3. The standard InChI is InChI=1S/C31H37N7O4/c1-6-29(41)33-21-15-22(28(42-5)17-24(21)37(4)14-13-36(2)3)35-31-32-12-11-20(34-31)30-19-9-7-8-10-23(19)38-18-27(40)26(39)16-25(30)38/h6-12,15,17,26-27,39-40H,1,13-14,16,18H2,2-5H3,(H,33,41)(H,32,34,35)/t26-,27+/m0/s1. The number of anilines is 4. The number of carbonyl (C=O) groups excluding carboxylic acids is 1. The molecule has 4 aromatic rings. The molecule has 0 spiro atoms. The summed E-state index contributed by atoms with van der Waals surface area (Å²) >= 11 is 0. The van der Waals surface area contributed by atoms with Crippen LogP contribution in [0.4, 0.5) is 23.0 Å². The van der Waals surface area contributed by atoms with E-state index in [1.807, 2.05) is 57.5 Å². The summed E-state index contributed by atoms with van der Waals surface area (Å²) in [5.41, 5.74) is 5.40. The summed E-state index contributed by atoms with van der Waals surface area (Å²) in [7, 11) is 7.56. The number of para-hydroxylation sites is 1. The minimum atomic E-state index is -0.858. The zero-order valence-corrected chi connectivity index (χ0v) is 24.3. The predicted molar refractivity (Wildman–Crippen MR) is 166 cm³/mol. The lowest BCUT2D eigenvalue weighted by molar-refractivity contribution is -0.111. The maximum Gasteiger partial charge on any atom is 0.247 e. The molecule has 1 aliphatic heterocycles. The first-order valence-corrected chi connectivity index (χ1v) is 13.8. The van der Waals surface area contributed by atoms with Gasteiger partial charge in [-0.15, -0.1) is 0 Å². The molecule has 0 saturated heterocycles. The fourth-order valence-electron chi connectivity index (χ4n) is 5.29. The molecule has 3 heterocycles. The predicted octanol–water partition coefficient (Wildman–Crippen LogP) is 3.25. The van der Waals surface area contributed by atoms with Gasteiger partial charge < -0.3 is 40.0 Å². The van der Waals surface area contributed by atoms with E-state index in [1.54, 1.807) is 19.4 Å². The van der Waals surface area contributed by atoms with Gasteiger partial charge in [0, 0.05) is 61.0 Å². The Bertz CT molecular complexity index is 1620. The van der Waals surface area contributed by atoms with Crippen molar-refractivity contribution < 1.29 is 19.7 Å². The lowest BCUT2D eigenvalue weighted by atomic mass is 9.99. The number of rotatable bonds is 10. The molecule has 11 heteroatoms. The molecule has 11 nitrogen and oxygen atoms in total. The van der Waals surface area contributed by atoms with Crippen molar-refractivity contribution in [3.8, 4) is 17.0 Å². The first-order valence-electron chi connectivity index (χ1n) is 13.8. The molecule has 0 radical (unpaired) electrons. The van der Waals surface area contributed by atoms with Gasteiger partial charge in [0.05, 0.1) is 48.6 Å². The van der Waals surface area contributed by atoms with Gasteiger partial charge in [-0.2, -0.15) is 0 Å². The average molecular weight is 572 g/mol. The lowest BCUT2D eigenvalue weighted by Crippen LogP contribution is -2.37. The van der Waals surface area contributed by atoms with Gasteiger partial charge in [-0.1, -0.05) is 24.8 Å². The third-order valence-electron chi connectivity index (χ3n) is 7.51. The summed E-state index contributed by atoms with van der Waals surface area (Å²) in [5, 5.41) is 28.0. The van der Waals surface area contributed by atoms with Crippen LogP contribution in [0.25, 0.3) is 22.2 Å². The molecule has 5 rings (SSSR count). The number of aliphatic hydroxyl groups excluding tert-OH is 2. The fourth-order valence-corrected chi connectivity index (χ4v) is 5.29. The van der Waals surface area contributed by atoms with Crippen LogP contribution >= 0.6 is 0 Å². The Morgan fingerprint density at radius 2 is 1.93 bits per heavy atom. The SMILES string of the molecule is C=CC(=O)Nc1cc(Nc2nccc(-c3c4n(c5ccccc35)C[C@@H](O)[C@@H](O)C4)n2)c(OC)cc1N(C)CCN(C)C. The smallest absolute Gasteiger partial charge is 0.247 e. The zero-order chi connectivity index (χ0) is 30.0. The van der Waals surface area contributed by atoms with Crippen molar-refractivity contribution >= 4 is 39.8 Å². The van der Waals surface area contributed by atoms with Crippen molar-refractivity contribution in [3.05, 3.63) is 67.0 Å². The van der Waals surface area contributed by atoms with Crippen LogP contribution in [0.3, 0.4) is 0 Å². The van der Waals surface area contributed by atoms with Crippen molar-refractivity contribution in [1.29, 1.82) is 0 Å². The second kappa shape index (κ2) is 12.2. The minimum Gasteiger partial charge on any atom is -0.494 e. The summed E-state index contributed by atoms with van der Waals surface area (Å²) in [6, 6.07) is 13.4. The molecule has 2 aromatic carbocycles. The maximum absolute atomic E-state index is 12.3. The van der Waals surface area contributed by atoms with E-state index in [1.165, 1.54) is 6.08 Å². The molecule has 1 amide bonds. The molecule has 2 aromatic heterocycles. The number of amides is 1. The van der Waals surface area contributed by atoms with Gasteiger partial charge in [-0.05, 0) is 38.4 Å². The van der Waals surface area contributed by atoms with Crippen LogP contribution in [0.5, 0.6) is 5.75 Å². The average Bonchev–Trinajstić information content (AvgIpc) is 3.29. The van der Waals surface area contributed by atoms with Crippen LogP contribution in [0.2, 0.25) is 0 Å². The molecule has 0 aliphatic carbocycles. The van der Waals surface area contributed by atoms with Gasteiger partial charge in [-0.25, -0.2) is 9.97 Å². The summed E-state index contributed by atoms with van der Waals surface area (Å²) < 4.78 is 7.79. The largest absolute Gasteiger partial charge is 0.494 e. The number of likely N-dealkylation sites (N-methyl/N-ethyl adjacent to an activating group) is 2. The van der Waals surface area contributed by atoms with Gasteiger partial charge in [0.25, 0.3) is 0 Å². The number of fused-ring (bicyclic) bond motifs is 3. The summed E-state index contributed by atoms with van der Waals surface area (Å²) in [5.74, 6) is 0.557. The summed E-state index contributed by atoms with van der Waals surface area (Å²) in [6.45, 7) is 5.44. The molecule has 0 unspecified atom stereocenters. The highest BCUT2D eigenvalue weighted by Crippen LogP contribution is 2.40. The van der Waals surface area contributed by atoms with Crippen LogP contribution in [-0.2, 0) is 17.8 Å². The highest BCUT2D eigenvalue weighted by atomic mass is 16.5. The third kappa shape index (κ3) is 5.80. The zero-order valence-electron chi connectivity index (χ0n) is 24.3. The van der Waals surface area contributed by atoms with E-state index in [9.17, 15) is 15.0 Å². The highest BCUT2D eigenvalue weighted by molar-refractivity contribution is 6.02. The number of aliphatic hydroxyl groups is 2. The van der Waals surface area contributed by atoms with Gasteiger partial charge in [0.2, 0.25) is 11.9 Å². The van der Waals surface area contributed by atoms with Crippen molar-refractivity contribution in [2.75, 3.05) is 56.9 Å². The minimum absolute atomic E-state index is 0.305. The fraction of sp³-hybridized carbons (Fsp3) is 0.323. The number of methoxy groups -OCH3 is 1.